The van der Waals surface area contributed by atoms with Gasteiger partial charge in [-0.3, -0.25) is 13.9 Å². The van der Waals surface area contributed by atoms with E-state index < -0.39 is 5.69 Å². The molecule has 0 fully saturated rings. The number of allylic oxidation sites excluding steroid dienone is 1. The van der Waals surface area contributed by atoms with Crippen molar-refractivity contribution in [3.8, 4) is 0 Å². The van der Waals surface area contributed by atoms with Gasteiger partial charge in [-0.25, -0.2) is 4.79 Å². The van der Waals surface area contributed by atoms with Gasteiger partial charge in [0.25, 0.3) is 5.56 Å². The van der Waals surface area contributed by atoms with E-state index in [4.69, 9.17) is 0 Å². The third-order valence-corrected chi connectivity index (χ3v) is 4.07. The Morgan fingerprint density at radius 3 is 2.48 bits per heavy atom. The van der Waals surface area contributed by atoms with Crippen molar-refractivity contribution in [2.24, 2.45) is 14.1 Å². The lowest BCUT2D eigenvalue weighted by Gasteiger charge is -2.11. The molecule has 0 bridgehead atoms. The maximum Gasteiger partial charge on any atom is 0.332 e. The Morgan fingerprint density at radius 1 is 1.16 bits per heavy atom. The summed E-state index contributed by atoms with van der Waals surface area (Å²) in [6.45, 7) is 6.83. The number of fused-ring (bicyclic) bond motifs is 1. The van der Waals surface area contributed by atoms with Crippen LogP contribution in [0.2, 0.25) is 0 Å². The zero-order valence-electron chi connectivity index (χ0n) is 14.6. The highest BCUT2D eigenvalue weighted by atomic mass is 16.2. The van der Waals surface area contributed by atoms with E-state index >= 15 is 0 Å². The molecule has 0 atom stereocenters. The molecule has 0 saturated heterocycles. The van der Waals surface area contributed by atoms with E-state index in [0.29, 0.717) is 30.2 Å². The number of nitrogens with zero attached hydrogens (tertiary/aromatic N) is 4. The normalized spacial score (nSPS) is 11.0. The van der Waals surface area contributed by atoms with Crippen LogP contribution in [0.4, 0.5) is 5.95 Å². The minimum atomic E-state index is -0.396. The van der Waals surface area contributed by atoms with Gasteiger partial charge in [0.1, 0.15) is 0 Å². The van der Waals surface area contributed by atoms with Gasteiger partial charge in [0.2, 0.25) is 5.95 Å². The van der Waals surface area contributed by atoms with Crippen LogP contribution in [0.5, 0.6) is 0 Å². The summed E-state index contributed by atoms with van der Waals surface area (Å²) in [5.41, 5.74) is 1.98. The van der Waals surface area contributed by atoms with E-state index in [1.165, 1.54) is 11.6 Å². The van der Waals surface area contributed by atoms with Crippen molar-refractivity contribution in [1.82, 2.24) is 18.7 Å². The molecule has 0 aliphatic carbocycles. The first-order valence-electron chi connectivity index (χ1n) is 7.98. The monoisotopic (exact) mass is 339 g/mol. The van der Waals surface area contributed by atoms with Crippen LogP contribution in [-0.2, 0) is 27.2 Å². The maximum atomic E-state index is 12.6. The van der Waals surface area contributed by atoms with Crippen LogP contribution in [0, 0.1) is 0 Å². The molecule has 2 aromatic heterocycles. The molecule has 1 aromatic carbocycles. The lowest BCUT2D eigenvalue weighted by atomic mass is 10.2. The first-order valence-corrected chi connectivity index (χ1v) is 7.98. The first-order chi connectivity index (χ1) is 11.9. The minimum Gasteiger partial charge on any atom is -0.351 e. The average molecular weight is 339 g/mol. The van der Waals surface area contributed by atoms with Crippen molar-refractivity contribution in [2.75, 3.05) is 5.32 Å². The predicted molar refractivity (Wildman–Crippen MR) is 98.8 cm³/mol. The molecule has 3 aromatic rings. The van der Waals surface area contributed by atoms with Gasteiger partial charge in [0, 0.05) is 27.2 Å². The summed E-state index contributed by atoms with van der Waals surface area (Å²) in [7, 11) is 3.09. The second-order valence-electron chi connectivity index (χ2n) is 6.20. The highest BCUT2D eigenvalue weighted by molar-refractivity contribution is 5.74. The fourth-order valence-corrected chi connectivity index (χ4v) is 2.78. The summed E-state index contributed by atoms with van der Waals surface area (Å²) in [5, 5.41) is 3.26. The van der Waals surface area contributed by atoms with Crippen LogP contribution in [0.15, 0.2) is 52.1 Å². The number of rotatable bonds is 5. The van der Waals surface area contributed by atoms with Crippen molar-refractivity contribution >= 4 is 17.1 Å². The number of hydrogen-bond acceptors (Lipinski definition) is 4. The SMILES string of the molecule is C=C(C)Cn1c(NCc2ccccc2)nc2c1c(=O)n(C)c(=O)n2C. The second kappa shape index (κ2) is 6.43. The van der Waals surface area contributed by atoms with Gasteiger partial charge in [-0.1, -0.05) is 42.5 Å². The molecule has 2 heterocycles. The molecule has 0 aliphatic heterocycles. The number of hydrogen-bond donors (Lipinski definition) is 1. The number of aromatic nitrogens is 4. The topological polar surface area (TPSA) is 73.8 Å². The Balaban J connectivity index is 2.15. The van der Waals surface area contributed by atoms with Crippen molar-refractivity contribution < 1.29 is 0 Å². The molecule has 0 saturated carbocycles. The summed E-state index contributed by atoms with van der Waals surface area (Å²) in [5.74, 6) is 0.542. The number of imidazole rings is 1. The number of nitrogens with one attached hydrogen (secondary N) is 1. The van der Waals surface area contributed by atoms with E-state index in [1.54, 1.807) is 11.6 Å². The summed E-state index contributed by atoms with van der Waals surface area (Å²) in [4.78, 5) is 29.3. The third-order valence-electron chi connectivity index (χ3n) is 4.07. The fraction of sp³-hybridized carbons (Fsp3) is 0.278. The van der Waals surface area contributed by atoms with Crippen molar-refractivity contribution in [3.63, 3.8) is 0 Å². The molecule has 1 N–H and O–H groups in total. The van der Waals surface area contributed by atoms with Crippen molar-refractivity contribution in [3.05, 3.63) is 68.9 Å². The van der Waals surface area contributed by atoms with Crippen LogP contribution in [-0.4, -0.2) is 18.7 Å². The first kappa shape index (κ1) is 16.8. The molecule has 0 amide bonds. The number of anilines is 1. The van der Waals surface area contributed by atoms with Crippen molar-refractivity contribution in [1.29, 1.82) is 0 Å². The summed E-state index contributed by atoms with van der Waals surface area (Å²) in [6.07, 6.45) is 0. The van der Waals surface area contributed by atoms with Gasteiger partial charge >= 0.3 is 5.69 Å². The quantitative estimate of drug-likeness (QED) is 0.717. The van der Waals surface area contributed by atoms with Gasteiger partial charge in [0.15, 0.2) is 11.2 Å². The van der Waals surface area contributed by atoms with E-state index in [9.17, 15) is 9.59 Å². The molecule has 0 spiro atoms. The molecule has 0 unspecified atom stereocenters. The van der Waals surface area contributed by atoms with Gasteiger partial charge in [-0.05, 0) is 12.5 Å². The second-order valence-corrected chi connectivity index (χ2v) is 6.20. The molecule has 0 aliphatic rings. The zero-order valence-corrected chi connectivity index (χ0v) is 14.6. The Bertz CT molecular complexity index is 1060. The minimum absolute atomic E-state index is 0.361. The lowest BCUT2D eigenvalue weighted by Crippen LogP contribution is -2.37. The molecule has 7 nitrogen and oxygen atoms in total. The molecule has 3 rings (SSSR count). The molecule has 130 valence electrons. The largest absolute Gasteiger partial charge is 0.351 e. The van der Waals surface area contributed by atoms with Crippen LogP contribution in [0.1, 0.15) is 12.5 Å². The van der Waals surface area contributed by atoms with E-state index in [2.05, 4.69) is 16.9 Å². The van der Waals surface area contributed by atoms with Gasteiger partial charge < -0.3 is 9.88 Å². The summed E-state index contributed by atoms with van der Waals surface area (Å²) >= 11 is 0. The zero-order chi connectivity index (χ0) is 18.1. The standard InChI is InChI=1S/C18H21N5O2/c1-12(2)11-23-14-15(21(3)18(25)22(4)16(14)24)20-17(23)19-10-13-8-6-5-7-9-13/h5-9H,1,10-11H2,2-4H3,(H,19,20). The third kappa shape index (κ3) is 3.00. The maximum absolute atomic E-state index is 12.6. The van der Waals surface area contributed by atoms with Crippen LogP contribution in [0.25, 0.3) is 11.2 Å². The molecular weight excluding hydrogens is 318 g/mol. The molecular formula is C18H21N5O2. The fourth-order valence-electron chi connectivity index (χ4n) is 2.78. The van der Waals surface area contributed by atoms with Gasteiger partial charge in [-0.15, -0.1) is 0 Å². The lowest BCUT2D eigenvalue weighted by molar-refractivity contribution is 0.702. The summed E-state index contributed by atoms with van der Waals surface area (Å²) < 4.78 is 4.27. The average Bonchev–Trinajstić information content (AvgIpc) is 2.95. The molecule has 0 radical (unpaired) electrons. The summed E-state index contributed by atoms with van der Waals surface area (Å²) in [6, 6.07) is 9.90. The Kier molecular flexibility index (Phi) is 4.31. The highest BCUT2D eigenvalue weighted by Gasteiger charge is 2.18. The van der Waals surface area contributed by atoms with Crippen molar-refractivity contribution in [2.45, 2.75) is 20.0 Å². The smallest absolute Gasteiger partial charge is 0.332 e. The van der Waals surface area contributed by atoms with Crippen LogP contribution >= 0.6 is 0 Å². The molecule has 7 heteroatoms. The number of aryl methyl sites for hydroxylation is 1. The molecule has 25 heavy (non-hydrogen) atoms. The van der Waals surface area contributed by atoms with Crippen LogP contribution < -0.4 is 16.6 Å². The Hall–Kier alpha value is -3.09. The predicted octanol–water partition coefficient (Wildman–Crippen LogP) is 1.62. The Morgan fingerprint density at radius 2 is 1.84 bits per heavy atom. The van der Waals surface area contributed by atoms with E-state index in [0.717, 1.165) is 15.7 Å². The van der Waals surface area contributed by atoms with E-state index in [-0.39, 0.29) is 5.56 Å². The van der Waals surface area contributed by atoms with E-state index in [1.807, 2.05) is 37.3 Å². The Labute approximate surface area is 144 Å². The van der Waals surface area contributed by atoms with Crippen LogP contribution in [0.3, 0.4) is 0 Å². The van der Waals surface area contributed by atoms with Gasteiger partial charge in [0.05, 0.1) is 0 Å². The van der Waals surface area contributed by atoms with Gasteiger partial charge in [-0.2, -0.15) is 4.98 Å². The number of benzene rings is 1. The highest BCUT2D eigenvalue weighted by Crippen LogP contribution is 2.18.